The smallest absolute Gasteiger partial charge is 0.0467 e. The number of nitrogens with zero attached hydrogens (tertiary/aromatic N) is 2. The van der Waals surface area contributed by atoms with E-state index >= 15 is 0 Å². The van der Waals surface area contributed by atoms with Gasteiger partial charge in [0.25, 0.3) is 0 Å². The third-order valence-corrected chi connectivity index (χ3v) is 2.62. The summed E-state index contributed by atoms with van der Waals surface area (Å²) in [7, 11) is 0. The zero-order chi connectivity index (χ0) is 9.97. The Bertz CT molecular complexity index is 289. The first-order valence-electron chi connectivity index (χ1n) is 4.98. The van der Waals surface area contributed by atoms with Crippen LogP contribution in [0.2, 0.25) is 0 Å². The quantitative estimate of drug-likeness (QED) is 0.631. The molecular weight excluding hydrogens is 179 g/mol. The summed E-state index contributed by atoms with van der Waals surface area (Å²) in [6.07, 6.45) is 0. The molecule has 2 nitrogen and oxygen atoms in total. The lowest BCUT2D eigenvalue weighted by atomic mass is 10.2. The van der Waals surface area contributed by atoms with Gasteiger partial charge >= 0.3 is 0 Å². The van der Waals surface area contributed by atoms with Crippen molar-refractivity contribution >= 4 is 5.69 Å². The number of hydrogen-bond acceptors (Lipinski definition) is 2. The molecule has 0 spiro atoms. The van der Waals surface area contributed by atoms with Crippen LogP contribution >= 0.6 is 0 Å². The molecule has 14 heavy (non-hydrogen) atoms. The Balaban J connectivity index is 2.05. The fourth-order valence-electron chi connectivity index (χ4n) is 1.70. The van der Waals surface area contributed by atoms with Crippen molar-refractivity contribution < 1.29 is 4.48 Å². The maximum atomic E-state index is 12.7. The summed E-state index contributed by atoms with van der Waals surface area (Å²) < 4.78 is 12.7. The third kappa shape index (κ3) is 2.04. The lowest BCUT2D eigenvalue weighted by molar-refractivity contribution is 0.0200. The van der Waals surface area contributed by atoms with Crippen LogP contribution in [0.4, 0.5) is 10.2 Å². The van der Waals surface area contributed by atoms with Gasteiger partial charge in [-0.3, -0.25) is 0 Å². The van der Waals surface area contributed by atoms with Crippen molar-refractivity contribution in [2.45, 2.75) is 6.92 Å². The Kier molecular flexibility index (Phi) is 2.68. The second-order valence-corrected chi connectivity index (χ2v) is 3.73. The molecule has 0 amide bonds. The molecule has 0 unspecified atom stereocenters. The summed E-state index contributed by atoms with van der Waals surface area (Å²) in [6, 6.07) is 8.39. The second-order valence-electron chi connectivity index (χ2n) is 3.73. The van der Waals surface area contributed by atoms with Crippen LogP contribution in [0.25, 0.3) is 0 Å². The molecule has 0 aliphatic carbocycles. The fourth-order valence-corrected chi connectivity index (χ4v) is 1.70. The number of hydrogen-bond donors (Lipinski definition) is 0. The Morgan fingerprint density at radius 1 is 1.00 bits per heavy atom. The average Bonchev–Trinajstić information content (AvgIpc) is 2.21. The summed E-state index contributed by atoms with van der Waals surface area (Å²) in [4.78, 5) is 2.22. The van der Waals surface area contributed by atoms with Gasteiger partial charge in [0.15, 0.2) is 0 Å². The highest BCUT2D eigenvalue weighted by Gasteiger charge is 2.15. The van der Waals surface area contributed by atoms with Crippen LogP contribution in [0.15, 0.2) is 24.3 Å². The largest absolute Gasteiger partial charge is 0.369 e. The molecule has 3 heteroatoms. The Hall–Kier alpha value is -1.09. The molecule has 1 heterocycles. The molecule has 0 saturated carbocycles. The van der Waals surface area contributed by atoms with E-state index in [1.807, 2.05) is 0 Å². The predicted octanol–water partition coefficient (Wildman–Crippen LogP) is 2.00. The highest BCUT2D eigenvalue weighted by atomic mass is 19.2. The van der Waals surface area contributed by atoms with Gasteiger partial charge in [0.1, 0.15) is 0 Å². The minimum Gasteiger partial charge on any atom is -0.369 e. The van der Waals surface area contributed by atoms with Crippen molar-refractivity contribution in [1.29, 1.82) is 0 Å². The molecule has 2 rings (SSSR count). The predicted molar refractivity (Wildman–Crippen MR) is 56.1 cm³/mol. The van der Waals surface area contributed by atoms with Crippen molar-refractivity contribution in [3.8, 4) is 0 Å². The van der Waals surface area contributed by atoms with E-state index in [1.54, 1.807) is 0 Å². The van der Waals surface area contributed by atoms with Crippen molar-refractivity contribution in [3.05, 3.63) is 29.8 Å². The molecule has 1 aromatic carbocycles. The topological polar surface area (TPSA) is 6.48 Å². The number of anilines is 1. The van der Waals surface area contributed by atoms with Crippen LogP contribution in [-0.2, 0) is 0 Å². The molecule has 0 N–H and O–H groups in total. The highest BCUT2D eigenvalue weighted by molar-refractivity contribution is 5.47. The first-order chi connectivity index (χ1) is 6.75. The molecule has 1 aliphatic heterocycles. The molecule has 1 aromatic rings. The molecule has 1 fully saturated rings. The molecule has 0 radical (unpaired) electrons. The Morgan fingerprint density at radius 3 is 2.14 bits per heavy atom. The Morgan fingerprint density at radius 2 is 1.57 bits per heavy atom. The minimum absolute atomic E-state index is 0.508. The molecule has 1 aliphatic rings. The Labute approximate surface area is 83.9 Å². The molecule has 76 valence electrons. The first kappa shape index (κ1) is 9.46. The number of aryl methyl sites for hydroxylation is 1. The van der Waals surface area contributed by atoms with Gasteiger partial charge in [0.05, 0.1) is 0 Å². The maximum Gasteiger partial charge on any atom is 0.0467 e. The van der Waals surface area contributed by atoms with Gasteiger partial charge in [-0.1, -0.05) is 17.7 Å². The van der Waals surface area contributed by atoms with Crippen LogP contribution in [-0.4, -0.2) is 31.3 Å². The van der Waals surface area contributed by atoms with E-state index in [9.17, 15) is 4.48 Å². The van der Waals surface area contributed by atoms with E-state index in [0.29, 0.717) is 13.1 Å². The molecule has 0 aromatic heterocycles. The van der Waals surface area contributed by atoms with Gasteiger partial charge < -0.3 is 4.90 Å². The van der Waals surface area contributed by atoms with Gasteiger partial charge in [-0.05, 0) is 19.1 Å². The number of halogens is 1. The highest BCUT2D eigenvalue weighted by Crippen LogP contribution is 2.16. The van der Waals surface area contributed by atoms with Crippen molar-refractivity contribution in [1.82, 2.24) is 5.12 Å². The van der Waals surface area contributed by atoms with Gasteiger partial charge in [-0.25, -0.2) is 0 Å². The van der Waals surface area contributed by atoms with E-state index in [2.05, 4.69) is 36.1 Å². The van der Waals surface area contributed by atoms with Gasteiger partial charge in [-0.2, -0.15) is 0 Å². The number of piperazine rings is 1. The summed E-state index contributed by atoms with van der Waals surface area (Å²) in [6.45, 7) is 4.64. The summed E-state index contributed by atoms with van der Waals surface area (Å²) in [5, 5.41) is 0.880. The summed E-state index contributed by atoms with van der Waals surface area (Å²) in [5.74, 6) is 0. The summed E-state index contributed by atoms with van der Waals surface area (Å²) >= 11 is 0. The van der Waals surface area contributed by atoms with Crippen LogP contribution < -0.4 is 4.90 Å². The zero-order valence-corrected chi connectivity index (χ0v) is 8.41. The van der Waals surface area contributed by atoms with Crippen LogP contribution in [0.3, 0.4) is 0 Å². The molecule has 0 atom stereocenters. The lowest BCUT2D eigenvalue weighted by Crippen LogP contribution is -2.42. The standard InChI is InChI=1S/C11H15FN2/c1-10-2-4-11(5-3-10)13-6-8-14(12)9-7-13/h2-5H,6-9H2,1H3. The van der Waals surface area contributed by atoms with Crippen LogP contribution in [0.5, 0.6) is 0 Å². The van der Waals surface area contributed by atoms with Gasteiger partial charge in [0, 0.05) is 31.9 Å². The maximum absolute atomic E-state index is 12.7. The van der Waals surface area contributed by atoms with Gasteiger partial charge in [-0.15, -0.1) is 9.60 Å². The average molecular weight is 194 g/mol. The number of benzene rings is 1. The van der Waals surface area contributed by atoms with E-state index < -0.39 is 0 Å². The first-order valence-corrected chi connectivity index (χ1v) is 4.98. The van der Waals surface area contributed by atoms with Crippen molar-refractivity contribution in [3.63, 3.8) is 0 Å². The van der Waals surface area contributed by atoms with Crippen LogP contribution in [0, 0.1) is 6.92 Å². The molecule has 0 bridgehead atoms. The zero-order valence-electron chi connectivity index (χ0n) is 8.41. The van der Waals surface area contributed by atoms with Crippen LogP contribution in [0.1, 0.15) is 5.56 Å². The summed E-state index contributed by atoms with van der Waals surface area (Å²) in [5.41, 5.74) is 2.46. The van der Waals surface area contributed by atoms with E-state index in [4.69, 9.17) is 0 Å². The third-order valence-electron chi connectivity index (χ3n) is 2.62. The fraction of sp³-hybridized carbons (Fsp3) is 0.455. The normalized spacial score (nSPS) is 18.6. The van der Waals surface area contributed by atoms with E-state index in [-0.39, 0.29) is 0 Å². The number of rotatable bonds is 1. The minimum atomic E-state index is 0.508. The van der Waals surface area contributed by atoms with Gasteiger partial charge in [0.2, 0.25) is 0 Å². The monoisotopic (exact) mass is 194 g/mol. The SMILES string of the molecule is Cc1ccc(N2CCN(F)CC2)cc1. The van der Waals surface area contributed by atoms with E-state index in [0.717, 1.165) is 18.2 Å². The molecular formula is C11H15FN2. The second kappa shape index (κ2) is 3.96. The van der Waals surface area contributed by atoms with Crippen molar-refractivity contribution in [2.24, 2.45) is 0 Å². The van der Waals surface area contributed by atoms with E-state index in [1.165, 1.54) is 11.3 Å². The molecule has 1 saturated heterocycles. The lowest BCUT2D eigenvalue weighted by Gasteiger charge is -2.31. The van der Waals surface area contributed by atoms with Crippen molar-refractivity contribution in [2.75, 3.05) is 31.1 Å².